The Morgan fingerprint density at radius 1 is 1.04 bits per heavy atom. The number of para-hydroxylation sites is 2. The van der Waals surface area contributed by atoms with Crippen molar-refractivity contribution in [3.63, 3.8) is 0 Å². The van der Waals surface area contributed by atoms with Gasteiger partial charge in [-0.3, -0.25) is 20.4 Å². The van der Waals surface area contributed by atoms with Crippen molar-refractivity contribution in [2.75, 3.05) is 12.4 Å². The molecule has 1 heterocycles. The van der Waals surface area contributed by atoms with E-state index in [0.29, 0.717) is 11.5 Å². The van der Waals surface area contributed by atoms with Gasteiger partial charge in [0.25, 0.3) is 5.91 Å². The van der Waals surface area contributed by atoms with Gasteiger partial charge in [-0.05, 0) is 31.2 Å². The first-order valence-corrected chi connectivity index (χ1v) is 10.3. The molecule has 8 nitrogen and oxygen atoms in total. The smallest absolute Gasteiger partial charge is 0.283 e. The summed E-state index contributed by atoms with van der Waals surface area (Å²) in [5.41, 5.74) is 5.37. The van der Waals surface area contributed by atoms with Gasteiger partial charge in [-0.2, -0.15) is 0 Å². The number of ether oxygens (including phenoxy) is 2. The molecule has 28 heavy (non-hydrogen) atoms. The highest BCUT2D eigenvalue weighted by atomic mass is 32.2. The van der Waals surface area contributed by atoms with Gasteiger partial charge in [0, 0.05) is 6.42 Å². The number of hydrazine groups is 1. The second-order valence-corrected chi connectivity index (χ2v) is 8.39. The number of benzene rings is 2. The zero-order valence-electron chi connectivity index (χ0n) is 15.2. The summed E-state index contributed by atoms with van der Waals surface area (Å²) in [7, 11) is -3.58. The summed E-state index contributed by atoms with van der Waals surface area (Å²) < 4.78 is 35.5. The summed E-state index contributed by atoms with van der Waals surface area (Å²) in [5, 5.41) is 0. The highest BCUT2D eigenvalue weighted by molar-refractivity contribution is 7.91. The molecule has 2 aromatic rings. The second-order valence-electron chi connectivity index (χ2n) is 6.28. The van der Waals surface area contributed by atoms with Crippen molar-refractivity contribution in [1.29, 1.82) is 0 Å². The maximum absolute atomic E-state index is 12.2. The summed E-state index contributed by atoms with van der Waals surface area (Å²) in [4.78, 5) is 24.2. The molecule has 0 spiro atoms. The second kappa shape index (κ2) is 8.30. The SMILES string of the molecule is Cc1ccc(S(=O)(=O)CCC(=O)NNC(=O)[C@@H]2COc3ccccc3O2)cc1. The van der Waals surface area contributed by atoms with Gasteiger partial charge in [0.2, 0.25) is 12.0 Å². The molecular weight excluding hydrogens is 384 g/mol. The van der Waals surface area contributed by atoms with Crippen LogP contribution in [0.5, 0.6) is 11.5 Å². The van der Waals surface area contributed by atoms with Gasteiger partial charge in [0.15, 0.2) is 21.3 Å². The van der Waals surface area contributed by atoms with Crippen LogP contribution in [0.15, 0.2) is 53.4 Å². The minimum absolute atomic E-state index is 0.000516. The molecule has 0 aliphatic carbocycles. The lowest BCUT2D eigenvalue weighted by Gasteiger charge is -2.25. The van der Waals surface area contributed by atoms with Crippen LogP contribution in [0, 0.1) is 6.92 Å². The van der Waals surface area contributed by atoms with Crippen LogP contribution in [0.1, 0.15) is 12.0 Å². The normalized spacial score (nSPS) is 15.5. The van der Waals surface area contributed by atoms with Crippen LogP contribution in [-0.4, -0.2) is 38.7 Å². The van der Waals surface area contributed by atoms with Gasteiger partial charge in [0.1, 0.15) is 6.61 Å². The number of sulfone groups is 1. The monoisotopic (exact) mass is 404 g/mol. The van der Waals surface area contributed by atoms with Crippen molar-refractivity contribution in [1.82, 2.24) is 10.9 Å². The Morgan fingerprint density at radius 3 is 2.43 bits per heavy atom. The van der Waals surface area contributed by atoms with Crippen LogP contribution in [0.25, 0.3) is 0 Å². The van der Waals surface area contributed by atoms with E-state index in [1.807, 2.05) is 6.92 Å². The third-order valence-corrected chi connectivity index (χ3v) is 5.84. The number of rotatable bonds is 5. The summed E-state index contributed by atoms with van der Waals surface area (Å²) in [6.45, 7) is 1.85. The molecule has 0 fully saturated rings. The fourth-order valence-electron chi connectivity index (χ4n) is 2.51. The van der Waals surface area contributed by atoms with E-state index in [2.05, 4.69) is 10.9 Å². The summed E-state index contributed by atoms with van der Waals surface area (Å²) in [6.07, 6.45) is -1.21. The van der Waals surface area contributed by atoms with Crippen molar-refractivity contribution in [3.8, 4) is 11.5 Å². The van der Waals surface area contributed by atoms with Gasteiger partial charge in [-0.25, -0.2) is 8.42 Å². The molecule has 1 atom stereocenters. The van der Waals surface area contributed by atoms with E-state index in [1.54, 1.807) is 36.4 Å². The lowest BCUT2D eigenvalue weighted by molar-refractivity contribution is -0.135. The largest absolute Gasteiger partial charge is 0.485 e. The molecule has 9 heteroatoms. The zero-order chi connectivity index (χ0) is 20.1. The van der Waals surface area contributed by atoms with Crippen LogP contribution >= 0.6 is 0 Å². The topological polar surface area (TPSA) is 111 Å². The van der Waals surface area contributed by atoms with E-state index < -0.39 is 27.8 Å². The molecule has 0 unspecified atom stereocenters. The first-order chi connectivity index (χ1) is 13.3. The number of aryl methyl sites for hydroxylation is 1. The number of amides is 2. The van der Waals surface area contributed by atoms with Crippen molar-refractivity contribution in [2.45, 2.75) is 24.3 Å². The van der Waals surface area contributed by atoms with E-state index in [9.17, 15) is 18.0 Å². The predicted molar refractivity (Wildman–Crippen MR) is 100 cm³/mol. The fraction of sp³-hybridized carbons (Fsp3) is 0.263. The van der Waals surface area contributed by atoms with Crippen molar-refractivity contribution in [3.05, 3.63) is 54.1 Å². The summed E-state index contributed by atoms with van der Waals surface area (Å²) >= 11 is 0. The molecule has 0 aromatic heterocycles. The lowest BCUT2D eigenvalue weighted by atomic mass is 10.2. The van der Waals surface area contributed by atoms with Crippen LogP contribution < -0.4 is 20.3 Å². The Balaban J connectivity index is 1.47. The molecule has 2 N–H and O–H groups in total. The number of hydrogen-bond acceptors (Lipinski definition) is 6. The maximum atomic E-state index is 12.2. The molecule has 1 aliphatic rings. The average Bonchev–Trinajstić information content (AvgIpc) is 2.70. The molecule has 3 rings (SSSR count). The lowest BCUT2D eigenvalue weighted by Crippen LogP contribution is -2.51. The van der Waals surface area contributed by atoms with Crippen LogP contribution in [0.2, 0.25) is 0 Å². The minimum Gasteiger partial charge on any atom is -0.485 e. The molecule has 2 aromatic carbocycles. The predicted octanol–water partition coefficient (Wildman–Crippen LogP) is 1.15. The quantitative estimate of drug-likeness (QED) is 0.723. The van der Waals surface area contributed by atoms with Gasteiger partial charge in [0.05, 0.1) is 10.6 Å². The molecule has 0 bridgehead atoms. The van der Waals surface area contributed by atoms with Gasteiger partial charge >= 0.3 is 0 Å². The molecule has 0 saturated carbocycles. The molecule has 1 aliphatic heterocycles. The van der Waals surface area contributed by atoms with Crippen LogP contribution in [0.3, 0.4) is 0 Å². The van der Waals surface area contributed by atoms with Gasteiger partial charge in [-0.1, -0.05) is 29.8 Å². The third-order valence-electron chi connectivity index (χ3n) is 4.10. The summed E-state index contributed by atoms with van der Waals surface area (Å²) in [5.74, 6) is -0.611. The zero-order valence-corrected chi connectivity index (χ0v) is 16.0. The highest BCUT2D eigenvalue weighted by Crippen LogP contribution is 2.30. The van der Waals surface area contributed by atoms with Crippen molar-refractivity contribution >= 4 is 21.7 Å². The molecule has 148 valence electrons. The van der Waals surface area contributed by atoms with E-state index in [-0.39, 0.29) is 23.7 Å². The van der Waals surface area contributed by atoms with Crippen LogP contribution in [-0.2, 0) is 19.4 Å². The van der Waals surface area contributed by atoms with E-state index >= 15 is 0 Å². The fourth-order valence-corrected chi connectivity index (χ4v) is 3.75. The number of fused-ring (bicyclic) bond motifs is 1. The number of hydrogen-bond donors (Lipinski definition) is 2. The Bertz CT molecular complexity index is 972. The Morgan fingerprint density at radius 2 is 1.71 bits per heavy atom. The maximum Gasteiger partial charge on any atom is 0.283 e. The molecule has 0 radical (unpaired) electrons. The van der Waals surface area contributed by atoms with E-state index in [1.165, 1.54) is 12.1 Å². The molecular formula is C19H20N2O6S. The molecule has 2 amide bonds. The molecule has 0 saturated heterocycles. The number of carbonyl (C=O) groups is 2. The average molecular weight is 404 g/mol. The van der Waals surface area contributed by atoms with Crippen molar-refractivity contribution < 1.29 is 27.5 Å². The third kappa shape index (κ3) is 4.80. The Hall–Kier alpha value is -3.07. The van der Waals surface area contributed by atoms with E-state index in [4.69, 9.17) is 9.47 Å². The number of nitrogens with one attached hydrogen (secondary N) is 2. The Kier molecular flexibility index (Phi) is 5.84. The van der Waals surface area contributed by atoms with E-state index in [0.717, 1.165) is 5.56 Å². The number of carbonyl (C=O) groups excluding carboxylic acids is 2. The Labute approximate surface area is 162 Å². The minimum atomic E-state index is -3.58. The van der Waals surface area contributed by atoms with Gasteiger partial charge in [-0.15, -0.1) is 0 Å². The van der Waals surface area contributed by atoms with Gasteiger partial charge < -0.3 is 9.47 Å². The van der Waals surface area contributed by atoms with Crippen molar-refractivity contribution in [2.24, 2.45) is 0 Å². The standard InChI is InChI=1S/C19H20N2O6S/c1-13-6-8-14(9-7-13)28(24,25)11-10-18(22)20-21-19(23)17-12-26-15-4-2-3-5-16(15)27-17/h2-9,17H,10-12H2,1H3,(H,20,22)(H,21,23)/t17-/m0/s1. The first kappa shape index (κ1) is 19.7. The summed E-state index contributed by atoms with van der Waals surface area (Å²) in [6, 6.07) is 13.3. The first-order valence-electron chi connectivity index (χ1n) is 8.62. The highest BCUT2D eigenvalue weighted by Gasteiger charge is 2.27. The van der Waals surface area contributed by atoms with Crippen LogP contribution in [0.4, 0.5) is 0 Å².